The summed E-state index contributed by atoms with van der Waals surface area (Å²) in [6, 6.07) is 23.4. The lowest BCUT2D eigenvalue weighted by atomic mass is 9.99. The average Bonchev–Trinajstić information content (AvgIpc) is 3.40. The zero-order valence-electron chi connectivity index (χ0n) is 22.9. The highest BCUT2D eigenvalue weighted by atomic mass is 32.2. The van der Waals surface area contributed by atoms with Crippen molar-refractivity contribution in [2.24, 2.45) is 0 Å². The summed E-state index contributed by atoms with van der Waals surface area (Å²) in [6.45, 7) is 5.30. The minimum Gasteiger partial charge on any atom is -0.387 e. The Morgan fingerprint density at radius 3 is 2.41 bits per heavy atom. The SMILES string of the molecule is CN(C)c1ccc(-c2cn(CCC(C)(C)NC[C@H](O)c3cccc(NS(=O)(=O)c4ccccc4)c3)cn2)cc1. The Labute approximate surface area is 231 Å². The molecular formula is C30H37N5O3S. The number of β-amino-alcohol motifs (C(OH)–C–C–N with tert-alkyl or cyclic N) is 1. The van der Waals surface area contributed by atoms with Crippen LogP contribution in [0.15, 0.2) is 96.3 Å². The van der Waals surface area contributed by atoms with E-state index < -0.39 is 16.1 Å². The lowest BCUT2D eigenvalue weighted by Gasteiger charge is -2.28. The van der Waals surface area contributed by atoms with Crippen LogP contribution in [0.1, 0.15) is 31.9 Å². The van der Waals surface area contributed by atoms with E-state index in [-0.39, 0.29) is 10.4 Å². The molecule has 206 valence electrons. The van der Waals surface area contributed by atoms with Crippen molar-refractivity contribution < 1.29 is 13.5 Å². The Balaban J connectivity index is 1.31. The van der Waals surface area contributed by atoms with Crippen LogP contribution < -0.4 is 14.9 Å². The summed E-state index contributed by atoms with van der Waals surface area (Å²) in [5.74, 6) is 0. The Morgan fingerprint density at radius 1 is 1.00 bits per heavy atom. The highest BCUT2D eigenvalue weighted by Crippen LogP contribution is 2.23. The molecule has 0 fully saturated rings. The Bertz CT molecular complexity index is 1470. The Hall–Kier alpha value is -3.66. The number of aliphatic hydroxyl groups is 1. The summed E-state index contributed by atoms with van der Waals surface area (Å²) >= 11 is 0. The van der Waals surface area contributed by atoms with E-state index in [9.17, 15) is 13.5 Å². The summed E-state index contributed by atoms with van der Waals surface area (Å²) < 4.78 is 30.0. The lowest BCUT2D eigenvalue weighted by molar-refractivity contribution is 0.158. The van der Waals surface area contributed by atoms with Crippen LogP contribution in [-0.2, 0) is 16.6 Å². The van der Waals surface area contributed by atoms with Crippen LogP contribution in [0.2, 0.25) is 0 Å². The molecule has 0 saturated carbocycles. The summed E-state index contributed by atoms with van der Waals surface area (Å²) in [5.41, 5.74) is 3.95. The molecule has 0 amide bonds. The maximum Gasteiger partial charge on any atom is 0.261 e. The second-order valence-corrected chi connectivity index (χ2v) is 12.2. The van der Waals surface area contributed by atoms with Gasteiger partial charge < -0.3 is 19.9 Å². The van der Waals surface area contributed by atoms with Gasteiger partial charge in [-0.3, -0.25) is 4.72 Å². The number of hydrogen-bond donors (Lipinski definition) is 3. The fraction of sp³-hybridized carbons (Fsp3) is 0.300. The maximum absolute atomic E-state index is 12.7. The van der Waals surface area contributed by atoms with E-state index >= 15 is 0 Å². The minimum absolute atomic E-state index is 0.187. The third-order valence-electron chi connectivity index (χ3n) is 6.66. The van der Waals surface area contributed by atoms with Crippen molar-refractivity contribution in [3.63, 3.8) is 0 Å². The van der Waals surface area contributed by atoms with E-state index in [1.165, 1.54) is 0 Å². The summed E-state index contributed by atoms with van der Waals surface area (Å²) in [6.07, 6.45) is 3.93. The third-order valence-corrected chi connectivity index (χ3v) is 8.06. The number of nitrogens with zero attached hydrogens (tertiary/aromatic N) is 3. The minimum atomic E-state index is -3.70. The molecule has 1 aromatic heterocycles. The highest BCUT2D eigenvalue weighted by Gasteiger charge is 2.20. The Morgan fingerprint density at radius 2 is 1.72 bits per heavy atom. The van der Waals surface area contributed by atoms with Gasteiger partial charge in [-0.15, -0.1) is 0 Å². The van der Waals surface area contributed by atoms with Crippen molar-refractivity contribution in [2.45, 2.75) is 43.4 Å². The number of sulfonamides is 1. The van der Waals surface area contributed by atoms with Crippen LogP contribution in [-0.4, -0.2) is 49.3 Å². The van der Waals surface area contributed by atoms with Crippen molar-refractivity contribution in [3.05, 3.63) is 97.0 Å². The fourth-order valence-corrected chi connectivity index (χ4v) is 5.24. The van der Waals surface area contributed by atoms with Gasteiger partial charge in [-0.2, -0.15) is 0 Å². The third kappa shape index (κ3) is 7.69. The van der Waals surface area contributed by atoms with Gasteiger partial charge in [-0.05, 0) is 62.2 Å². The number of hydrogen-bond acceptors (Lipinski definition) is 6. The van der Waals surface area contributed by atoms with Gasteiger partial charge in [0.1, 0.15) is 0 Å². The monoisotopic (exact) mass is 547 g/mol. The smallest absolute Gasteiger partial charge is 0.261 e. The van der Waals surface area contributed by atoms with Gasteiger partial charge in [0.05, 0.1) is 23.0 Å². The molecule has 0 saturated heterocycles. The van der Waals surface area contributed by atoms with E-state index in [2.05, 4.69) is 68.8 Å². The predicted octanol–water partition coefficient (Wildman–Crippen LogP) is 4.91. The second kappa shape index (κ2) is 12.0. The molecule has 0 aliphatic carbocycles. The van der Waals surface area contributed by atoms with Gasteiger partial charge >= 0.3 is 0 Å². The molecule has 0 radical (unpaired) electrons. The van der Waals surface area contributed by atoms with Gasteiger partial charge in [-0.25, -0.2) is 13.4 Å². The number of aryl methyl sites for hydroxylation is 1. The fourth-order valence-electron chi connectivity index (χ4n) is 4.17. The van der Waals surface area contributed by atoms with E-state index in [0.717, 1.165) is 29.9 Å². The summed E-state index contributed by atoms with van der Waals surface area (Å²) in [4.78, 5) is 6.82. The molecule has 8 nitrogen and oxygen atoms in total. The molecular weight excluding hydrogens is 510 g/mol. The predicted molar refractivity (Wildman–Crippen MR) is 157 cm³/mol. The van der Waals surface area contributed by atoms with Gasteiger partial charge in [0.2, 0.25) is 0 Å². The van der Waals surface area contributed by atoms with Crippen LogP contribution in [0.3, 0.4) is 0 Å². The molecule has 0 aliphatic rings. The molecule has 3 aromatic carbocycles. The molecule has 0 unspecified atom stereocenters. The lowest BCUT2D eigenvalue weighted by Crippen LogP contribution is -2.42. The van der Waals surface area contributed by atoms with Gasteiger partial charge in [0.15, 0.2) is 0 Å². The van der Waals surface area contributed by atoms with Crippen LogP contribution in [0.4, 0.5) is 11.4 Å². The van der Waals surface area contributed by atoms with Crippen molar-refractivity contribution >= 4 is 21.4 Å². The molecule has 0 spiro atoms. The molecule has 0 bridgehead atoms. The van der Waals surface area contributed by atoms with Crippen LogP contribution in [0.5, 0.6) is 0 Å². The van der Waals surface area contributed by atoms with Crippen molar-refractivity contribution in [1.29, 1.82) is 0 Å². The van der Waals surface area contributed by atoms with Gasteiger partial charge in [-0.1, -0.05) is 42.5 Å². The van der Waals surface area contributed by atoms with Crippen LogP contribution in [0, 0.1) is 0 Å². The van der Waals surface area contributed by atoms with Gasteiger partial charge in [0, 0.05) is 55.9 Å². The van der Waals surface area contributed by atoms with E-state index in [0.29, 0.717) is 17.8 Å². The van der Waals surface area contributed by atoms with Crippen molar-refractivity contribution in [3.8, 4) is 11.3 Å². The second-order valence-electron chi connectivity index (χ2n) is 10.5. The number of imidazole rings is 1. The number of rotatable bonds is 12. The van der Waals surface area contributed by atoms with E-state index in [1.54, 1.807) is 54.6 Å². The van der Waals surface area contributed by atoms with Crippen LogP contribution in [0.25, 0.3) is 11.3 Å². The first kappa shape index (κ1) is 28.4. The first-order valence-electron chi connectivity index (χ1n) is 12.9. The summed E-state index contributed by atoms with van der Waals surface area (Å²) in [7, 11) is 0.338. The zero-order chi connectivity index (χ0) is 28.0. The van der Waals surface area contributed by atoms with Crippen molar-refractivity contribution in [1.82, 2.24) is 14.9 Å². The normalized spacial score (nSPS) is 12.7. The molecule has 4 aromatic rings. The Kier molecular flexibility index (Phi) is 8.74. The van der Waals surface area contributed by atoms with E-state index in [1.807, 2.05) is 20.4 Å². The standard InChI is InChI=1S/C30H37N5O3S/c1-30(2,17-18-35-21-28(31-22-35)23-13-15-26(16-14-23)34(3)4)32-20-29(36)24-9-8-10-25(19-24)33-39(37,38)27-11-6-5-7-12-27/h5-16,19,21-22,29,32-33,36H,17-18,20H2,1-4H3/t29-/m0/s1. The quantitative estimate of drug-likeness (QED) is 0.233. The van der Waals surface area contributed by atoms with E-state index in [4.69, 9.17) is 0 Å². The molecule has 3 N–H and O–H groups in total. The van der Waals surface area contributed by atoms with Crippen LogP contribution >= 0.6 is 0 Å². The molecule has 9 heteroatoms. The average molecular weight is 548 g/mol. The number of nitrogens with one attached hydrogen (secondary N) is 2. The number of benzene rings is 3. The van der Waals surface area contributed by atoms with Gasteiger partial charge in [0.25, 0.3) is 10.0 Å². The largest absolute Gasteiger partial charge is 0.387 e. The zero-order valence-corrected chi connectivity index (χ0v) is 23.7. The molecule has 1 heterocycles. The highest BCUT2D eigenvalue weighted by molar-refractivity contribution is 7.92. The molecule has 4 rings (SSSR count). The maximum atomic E-state index is 12.7. The first-order valence-corrected chi connectivity index (χ1v) is 14.4. The topological polar surface area (TPSA) is 99.5 Å². The molecule has 0 aliphatic heterocycles. The van der Waals surface area contributed by atoms with Crippen molar-refractivity contribution in [2.75, 3.05) is 30.3 Å². The molecule has 39 heavy (non-hydrogen) atoms. The number of aliphatic hydroxyl groups excluding tert-OH is 1. The first-order chi connectivity index (χ1) is 18.5. The summed E-state index contributed by atoms with van der Waals surface area (Å²) in [5, 5.41) is 14.3. The number of aromatic nitrogens is 2. The number of anilines is 2. The molecule has 1 atom stereocenters.